The van der Waals surface area contributed by atoms with Crippen molar-refractivity contribution in [2.24, 2.45) is 5.92 Å². The van der Waals surface area contributed by atoms with Crippen LogP contribution in [0.25, 0.3) is 0 Å². The predicted molar refractivity (Wildman–Crippen MR) is 122 cm³/mol. The molecule has 0 fully saturated rings. The Hall–Kier alpha value is -3.75. The number of nitrogens with one attached hydrogen (secondary N) is 2. The maximum atomic E-state index is 12.4. The van der Waals surface area contributed by atoms with E-state index < -0.39 is 11.8 Å². The molecule has 0 radical (unpaired) electrons. The molecular weight excluding hydrogens is 428 g/mol. The summed E-state index contributed by atoms with van der Waals surface area (Å²) < 4.78 is 21.6. The number of benzene rings is 2. The van der Waals surface area contributed by atoms with Gasteiger partial charge in [0.1, 0.15) is 0 Å². The van der Waals surface area contributed by atoms with E-state index in [0.29, 0.717) is 41.1 Å². The third-order valence-electron chi connectivity index (χ3n) is 4.62. The van der Waals surface area contributed by atoms with E-state index in [1.165, 1.54) is 33.3 Å². The van der Waals surface area contributed by atoms with E-state index in [2.05, 4.69) is 24.7 Å². The largest absolute Gasteiger partial charge is 0.493 e. The fraction of sp³-hybridized carbons (Fsp3) is 0.375. The van der Waals surface area contributed by atoms with Crippen LogP contribution in [-0.4, -0.2) is 45.0 Å². The standard InChI is InChI=1S/C24H30N2O7/c1-15(2)10-11-32-19-9-7-18(13-22(19)31-5)24(29)26-25-23(28)14-33-20-8-6-17(16(3)27)12-21(20)30-4/h6-9,12-13,15H,10-11,14H2,1-5H3,(H,25,28)(H,26,29). The summed E-state index contributed by atoms with van der Waals surface area (Å²) in [6.07, 6.45) is 0.895. The van der Waals surface area contributed by atoms with Crippen molar-refractivity contribution < 1.29 is 33.3 Å². The molecule has 0 aromatic heterocycles. The Morgan fingerprint density at radius 1 is 0.818 bits per heavy atom. The highest BCUT2D eigenvalue weighted by molar-refractivity contribution is 5.96. The van der Waals surface area contributed by atoms with Crippen LogP contribution >= 0.6 is 0 Å². The van der Waals surface area contributed by atoms with Crippen molar-refractivity contribution in [1.29, 1.82) is 0 Å². The minimum Gasteiger partial charge on any atom is -0.493 e. The number of amides is 2. The van der Waals surface area contributed by atoms with E-state index >= 15 is 0 Å². The first-order chi connectivity index (χ1) is 15.7. The normalized spacial score (nSPS) is 10.4. The lowest BCUT2D eigenvalue weighted by molar-refractivity contribution is -0.123. The maximum Gasteiger partial charge on any atom is 0.276 e. The van der Waals surface area contributed by atoms with Crippen LogP contribution in [0.2, 0.25) is 0 Å². The van der Waals surface area contributed by atoms with E-state index in [0.717, 1.165) is 6.42 Å². The van der Waals surface area contributed by atoms with Crippen LogP contribution in [0.5, 0.6) is 23.0 Å². The predicted octanol–water partition coefficient (Wildman–Crippen LogP) is 3.17. The van der Waals surface area contributed by atoms with Gasteiger partial charge in [0.15, 0.2) is 35.4 Å². The molecule has 2 N–H and O–H groups in total. The number of carbonyl (C=O) groups is 3. The monoisotopic (exact) mass is 458 g/mol. The second-order valence-corrected chi connectivity index (χ2v) is 7.61. The average Bonchev–Trinajstić information content (AvgIpc) is 2.80. The lowest BCUT2D eigenvalue weighted by Gasteiger charge is -2.14. The molecule has 0 aliphatic rings. The molecule has 33 heavy (non-hydrogen) atoms. The lowest BCUT2D eigenvalue weighted by Crippen LogP contribution is -2.43. The van der Waals surface area contributed by atoms with Crippen LogP contribution in [0.3, 0.4) is 0 Å². The van der Waals surface area contributed by atoms with Gasteiger partial charge in [-0.1, -0.05) is 13.8 Å². The second-order valence-electron chi connectivity index (χ2n) is 7.61. The van der Waals surface area contributed by atoms with Crippen LogP contribution in [0.1, 0.15) is 47.9 Å². The number of hydrogen-bond acceptors (Lipinski definition) is 7. The van der Waals surface area contributed by atoms with Gasteiger partial charge in [-0.25, -0.2) is 0 Å². The minimum atomic E-state index is -0.582. The fourth-order valence-electron chi connectivity index (χ4n) is 2.72. The molecule has 2 amide bonds. The Kier molecular flexibility index (Phi) is 9.53. The second kappa shape index (κ2) is 12.3. The number of methoxy groups -OCH3 is 2. The molecule has 0 aliphatic carbocycles. The van der Waals surface area contributed by atoms with Crippen molar-refractivity contribution in [3.05, 3.63) is 47.5 Å². The quantitative estimate of drug-likeness (QED) is 0.393. The van der Waals surface area contributed by atoms with Crippen molar-refractivity contribution in [3.63, 3.8) is 0 Å². The van der Waals surface area contributed by atoms with Crippen LogP contribution in [0, 0.1) is 5.92 Å². The molecule has 0 saturated heterocycles. The topological polar surface area (TPSA) is 112 Å². The number of rotatable bonds is 11. The SMILES string of the molecule is COc1cc(C(=O)NNC(=O)COc2ccc(C(C)=O)cc2OC)ccc1OCCC(C)C. The van der Waals surface area contributed by atoms with Crippen molar-refractivity contribution in [1.82, 2.24) is 10.9 Å². The number of Topliss-reactive ketones (excluding diaryl/α,β-unsaturated/α-hetero) is 1. The summed E-state index contributed by atoms with van der Waals surface area (Å²) >= 11 is 0. The highest BCUT2D eigenvalue weighted by atomic mass is 16.5. The van der Waals surface area contributed by atoms with Crippen LogP contribution in [0.4, 0.5) is 0 Å². The van der Waals surface area contributed by atoms with Gasteiger partial charge in [-0.2, -0.15) is 0 Å². The molecule has 0 unspecified atom stereocenters. The first-order valence-corrected chi connectivity index (χ1v) is 10.5. The van der Waals surface area contributed by atoms with Gasteiger partial charge >= 0.3 is 0 Å². The van der Waals surface area contributed by atoms with Crippen molar-refractivity contribution in [3.8, 4) is 23.0 Å². The Balaban J connectivity index is 1.90. The maximum absolute atomic E-state index is 12.4. The van der Waals surface area contributed by atoms with Gasteiger partial charge in [-0.05, 0) is 55.7 Å². The zero-order valence-corrected chi connectivity index (χ0v) is 19.5. The number of carbonyl (C=O) groups excluding carboxylic acids is 3. The van der Waals surface area contributed by atoms with Gasteiger partial charge in [-0.3, -0.25) is 25.2 Å². The van der Waals surface area contributed by atoms with Crippen molar-refractivity contribution in [2.75, 3.05) is 27.4 Å². The molecule has 0 atom stereocenters. The van der Waals surface area contributed by atoms with Crippen LogP contribution in [-0.2, 0) is 4.79 Å². The van der Waals surface area contributed by atoms with Gasteiger partial charge in [-0.15, -0.1) is 0 Å². The van der Waals surface area contributed by atoms with Gasteiger partial charge in [0.05, 0.1) is 20.8 Å². The summed E-state index contributed by atoms with van der Waals surface area (Å²) in [5.41, 5.74) is 5.36. The molecular formula is C24H30N2O7. The fourth-order valence-corrected chi connectivity index (χ4v) is 2.72. The van der Waals surface area contributed by atoms with Gasteiger partial charge < -0.3 is 18.9 Å². The van der Waals surface area contributed by atoms with E-state index in [-0.39, 0.29) is 18.0 Å². The molecule has 2 aromatic rings. The molecule has 0 bridgehead atoms. The van der Waals surface area contributed by atoms with E-state index in [9.17, 15) is 14.4 Å². The Morgan fingerprint density at radius 3 is 1.97 bits per heavy atom. The molecule has 9 nitrogen and oxygen atoms in total. The lowest BCUT2D eigenvalue weighted by atomic mass is 10.1. The number of hydrogen-bond donors (Lipinski definition) is 2. The molecule has 178 valence electrons. The molecule has 0 heterocycles. The van der Waals surface area contributed by atoms with Crippen LogP contribution in [0.15, 0.2) is 36.4 Å². The average molecular weight is 459 g/mol. The Morgan fingerprint density at radius 2 is 1.39 bits per heavy atom. The van der Waals surface area contributed by atoms with E-state index in [1.807, 2.05) is 0 Å². The summed E-state index contributed by atoms with van der Waals surface area (Å²) in [7, 11) is 2.92. The summed E-state index contributed by atoms with van der Waals surface area (Å²) in [5, 5.41) is 0. The van der Waals surface area contributed by atoms with Gasteiger partial charge in [0.2, 0.25) is 0 Å². The molecule has 2 rings (SSSR count). The third kappa shape index (κ3) is 7.71. The highest BCUT2D eigenvalue weighted by Gasteiger charge is 2.14. The number of ketones is 1. The zero-order valence-electron chi connectivity index (χ0n) is 19.5. The van der Waals surface area contributed by atoms with Gasteiger partial charge in [0, 0.05) is 11.1 Å². The molecule has 2 aromatic carbocycles. The van der Waals surface area contributed by atoms with Gasteiger partial charge in [0.25, 0.3) is 11.8 Å². The molecule has 0 aliphatic heterocycles. The highest BCUT2D eigenvalue weighted by Crippen LogP contribution is 2.29. The van der Waals surface area contributed by atoms with Crippen molar-refractivity contribution >= 4 is 17.6 Å². The summed E-state index contributed by atoms with van der Waals surface area (Å²) in [6.45, 7) is 5.82. The Bertz CT molecular complexity index is 989. The minimum absolute atomic E-state index is 0.118. The first-order valence-electron chi connectivity index (χ1n) is 10.5. The number of hydrazine groups is 1. The van der Waals surface area contributed by atoms with Crippen LogP contribution < -0.4 is 29.8 Å². The molecule has 0 saturated carbocycles. The number of ether oxygens (including phenoxy) is 4. The summed E-state index contributed by atoms with van der Waals surface area (Å²) in [5.74, 6) is 0.852. The molecule has 9 heteroatoms. The van der Waals surface area contributed by atoms with E-state index in [4.69, 9.17) is 18.9 Å². The first kappa shape index (κ1) is 25.5. The summed E-state index contributed by atoms with van der Waals surface area (Å²) in [6, 6.07) is 9.40. The summed E-state index contributed by atoms with van der Waals surface area (Å²) in [4.78, 5) is 36.0. The smallest absolute Gasteiger partial charge is 0.276 e. The zero-order chi connectivity index (χ0) is 24.4. The molecule has 0 spiro atoms. The Labute approximate surface area is 193 Å². The van der Waals surface area contributed by atoms with Crippen molar-refractivity contribution in [2.45, 2.75) is 27.2 Å². The van der Waals surface area contributed by atoms with E-state index in [1.54, 1.807) is 24.3 Å². The third-order valence-corrected chi connectivity index (χ3v) is 4.62.